The fourth-order valence-electron chi connectivity index (χ4n) is 4.64. The summed E-state index contributed by atoms with van der Waals surface area (Å²) in [6.07, 6.45) is 6.97. The van der Waals surface area contributed by atoms with Gasteiger partial charge in [-0.3, -0.25) is 4.40 Å². The number of carbonyl (C=O) groups is 1. The van der Waals surface area contributed by atoms with Gasteiger partial charge in [-0.15, -0.1) is 6.58 Å². The number of aromatic nitrogens is 4. The van der Waals surface area contributed by atoms with Crippen molar-refractivity contribution in [1.82, 2.24) is 18.9 Å². The molecule has 0 saturated heterocycles. The van der Waals surface area contributed by atoms with E-state index in [1.165, 1.54) is 7.11 Å². The topological polar surface area (TPSA) is 70.7 Å². The minimum atomic E-state index is -0.409. The number of hydrogen-bond acceptors (Lipinski definition) is 5. The van der Waals surface area contributed by atoms with Crippen molar-refractivity contribution in [2.45, 2.75) is 51.5 Å². The Labute approximate surface area is 199 Å². The van der Waals surface area contributed by atoms with E-state index in [-0.39, 0.29) is 0 Å². The molecule has 0 N–H and O–H groups in total. The Morgan fingerprint density at radius 1 is 1.21 bits per heavy atom. The lowest BCUT2D eigenvalue weighted by Crippen LogP contribution is -2.06. The van der Waals surface area contributed by atoms with E-state index in [9.17, 15) is 4.79 Å². The molecule has 4 aromatic rings. The largest absolute Gasteiger partial charge is 0.482 e. The molecule has 176 valence electrons. The molecule has 7 heteroatoms. The summed E-state index contributed by atoms with van der Waals surface area (Å²) in [4.78, 5) is 22.3. The molecule has 0 amide bonds. The Morgan fingerprint density at radius 2 is 2.03 bits per heavy atom. The van der Waals surface area contributed by atoms with Crippen molar-refractivity contribution in [2.24, 2.45) is 0 Å². The van der Waals surface area contributed by atoms with E-state index in [1.54, 1.807) is 19.2 Å². The Kier molecular flexibility index (Phi) is 5.86. The van der Waals surface area contributed by atoms with Gasteiger partial charge in [0.1, 0.15) is 17.0 Å². The van der Waals surface area contributed by atoms with Gasteiger partial charge in [-0.2, -0.15) is 0 Å². The highest BCUT2D eigenvalue weighted by Gasteiger charge is 2.34. The maximum absolute atomic E-state index is 12.3. The predicted molar refractivity (Wildman–Crippen MR) is 133 cm³/mol. The van der Waals surface area contributed by atoms with Crippen LogP contribution in [0.5, 0.6) is 5.88 Å². The number of methoxy groups -OCH3 is 2. The fraction of sp³-hybridized carbons (Fsp3) is 0.370. The molecular formula is C27H30N4O3. The number of nitrogens with zero attached hydrogens (tertiary/aromatic N) is 4. The number of pyridine rings is 2. The molecule has 7 nitrogen and oxygen atoms in total. The minimum absolute atomic E-state index is 0.404. The van der Waals surface area contributed by atoms with Gasteiger partial charge in [0.2, 0.25) is 0 Å². The van der Waals surface area contributed by atoms with Crippen LogP contribution in [0.4, 0.5) is 0 Å². The summed E-state index contributed by atoms with van der Waals surface area (Å²) in [5, 5.41) is 1.10. The summed E-state index contributed by atoms with van der Waals surface area (Å²) in [5.74, 6) is 0.578. The molecule has 4 heterocycles. The van der Waals surface area contributed by atoms with Crippen LogP contribution in [-0.2, 0) is 17.7 Å². The van der Waals surface area contributed by atoms with E-state index < -0.39 is 5.97 Å². The summed E-state index contributed by atoms with van der Waals surface area (Å²) in [6.45, 7) is 6.83. The molecule has 0 radical (unpaired) electrons. The van der Waals surface area contributed by atoms with Crippen LogP contribution in [0.25, 0.3) is 28.1 Å². The van der Waals surface area contributed by atoms with E-state index in [4.69, 9.17) is 19.4 Å². The van der Waals surface area contributed by atoms with E-state index in [0.717, 1.165) is 72.5 Å². The van der Waals surface area contributed by atoms with E-state index >= 15 is 0 Å². The first-order valence-electron chi connectivity index (χ1n) is 11.9. The first-order chi connectivity index (χ1) is 16.6. The third kappa shape index (κ3) is 3.75. The van der Waals surface area contributed by atoms with Crippen LogP contribution in [0.15, 0.2) is 43.0 Å². The van der Waals surface area contributed by atoms with Crippen molar-refractivity contribution < 1.29 is 14.3 Å². The standard InChI is InChI=1S/C27H30N4O3/c1-5-7-8-13-30-21(14-18-11-12-20(6-2)28-26(18)30)24-25(17-9-10-17)31-22(29-24)15-19(27(32)34-4)16-23(31)33-3/h5,11-12,14-17H,1,6-10,13H2,2-4H3. The van der Waals surface area contributed by atoms with Gasteiger partial charge >= 0.3 is 5.97 Å². The number of unbranched alkanes of at least 4 members (excludes halogenated alkanes) is 1. The highest BCUT2D eigenvalue weighted by Crippen LogP contribution is 2.46. The molecule has 0 spiro atoms. The number of allylic oxidation sites excluding steroid dienone is 1. The zero-order valence-corrected chi connectivity index (χ0v) is 20.0. The van der Waals surface area contributed by atoms with Crippen molar-refractivity contribution in [1.29, 1.82) is 0 Å². The monoisotopic (exact) mass is 458 g/mol. The molecule has 1 fully saturated rings. The molecule has 0 atom stereocenters. The molecule has 34 heavy (non-hydrogen) atoms. The number of fused-ring (bicyclic) bond motifs is 2. The Balaban J connectivity index is 1.77. The number of imidazole rings is 1. The third-order valence-electron chi connectivity index (χ3n) is 6.51. The molecule has 1 aliphatic carbocycles. The summed E-state index contributed by atoms with van der Waals surface area (Å²) in [6, 6.07) is 9.94. The zero-order chi connectivity index (χ0) is 23.8. The number of esters is 1. The van der Waals surface area contributed by atoms with Crippen LogP contribution in [0.1, 0.15) is 60.3 Å². The van der Waals surface area contributed by atoms with E-state index in [0.29, 0.717) is 23.0 Å². The molecule has 1 saturated carbocycles. The Bertz CT molecular complexity index is 1390. The zero-order valence-electron chi connectivity index (χ0n) is 20.0. The first-order valence-corrected chi connectivity index (χ1v) is 11.9. The number of carbonyl (C=O) groups excluding carboxylic acids is 1. The summed E-state index contributed by atoms with van der Waals surface area (Å²) in [5.41, 5.74) is 6.27. The predicted octanol–water partition coefficient (Wildman–Crippen LogP) is 5.55. The van der Waals surface area contributed by atoms with Gasteiger partial charge in [-0.1, -0.05) is 13.0 Å². The van der Waals surface area contributed by atoms with Crippen LogP contribution in [0, 0.1) is 0 Å². The van der Waals surface area contributed by atoms with Crippen molar-refractivity contribution >= 4 is 22.6 Å². The average molecular weight is 459 g/mol. The molecule has 1 aliphatic rings. The van der Waals surface area contributed by atoms with Crippen LogP contribution < -0.4 is 4.74 Å². The molecule has 5 rings (SSSR count). The normalized spacial score (nSPS) is 13.5. The van der Waals surface area contributed by atoms with Crippen molar-refractivity contribution in [2.75, 3.05) is 14.2 Å². The van der Waals surface area contributed by atoms with Gasteiger partial charge in [-0.25, -0.2) is 14.8 Å². The lowest BCUT2D eigenvalue weighted by Gasteiger charge is -2.12. The highest BCUT2D eigenvalue weighted by atomic mass is 16.5. The number of hydrogen-bond donors (Lipinski definition) is 0. The first kappa shape index (κ1) is 22.2. The highest BCUT2D eigenvalue weighted by molar-refractivity contribution is 5.91. The van der Waals surface area contributed by atoms with Crippen LogP contribution >= 0.6 is 0 Å². The summed E-state index contributed by atoms with van der Waals surface area (Å²) >= 11 is 0. The Morgan fingerprint density at radius 3 is 2.71 bits per heavy atom. The smallest absolute Gasteiger partial charge is 0.338 e. The van der Waals surface area contributed by atoms with Crippen LogP contribution in [0.3, 0.4) is 0 Å². The van der Waals surface area contributed by atoms with Crippen molar-refractivity contribution in [3.05, 3.63) is 59.9 Å². The SMILES string of the molecule is C=CCCCn1c(-c2nc3cc(C(=O)OC)cc(OC)n3c2C2CC2)cc2ccc(CC)nc21. The molecule has 0 aromatic carbocycles. The molecule has 0 unspecified atom stereocenters. The average Bonchev–Trinajstić information content (AvgIpc) is 3.54. The molecule has 4 aromatic heterocycles. The van der Waals surface area contributed by atoms with Gasteiger partial charge in [0.25, 0.3) is 0 Å². The second kappa shape index (κ2) is 8.97. The Hall–Kier alpha value is -3.61. The molecule has 0 bridgehead atoms. The van der Waals surface area contributed by atoms with Crippen molar-refractivity contribution in [3.63, 3.8) is 0 Å². The van der Waals surface area contributed by atoms with Crippen LogP contribution in [0.2, 0.25) is 0 Å². The van der Waals surface area contributed by atoms with Crippen molar-refractivity contribution in [3.8, 4) is 17.3 Å². The fourth-order valence-corrected chi connectivity index (χ4v) is 4.64. The van der Waals surface area contributed by atoms with Gasteiger partial charge in [0.05, 0.1) is 31.2 Å². The van der Waals surface area contributed by atoms with Gasteiger partial charge < -0.3 is 14.0 Å². The maximum atomic E-state index is 12.3. The second-order valence-corrected chi connectivity index (χ2v) is 8.77. The maximum Gasteiger partial charge on any atom is 0.338 e. The van der Waals surface area contributed by atoms with E-state index in [2.05, 4.69) is 40.7 Å². The second-order valence-electron chi connectivity index (χ2n) is 8.77. The third-order valence-corrected chi connectivity index (χ3v) is 6.51. The van der Waals surface area contributed by atoms with Gasteiger partial charge in [0, 0.05) is 29.6 Å². The number of ether oxygens (including phenoxy) is 2. The van der Waals surface area contributed by atoms with Gasteiger partial charge in [-0.05, 0) is 56.4 Å². The summed E-state index contributed by atoms with van der Waals surface area (Å²) in [7, 11) is 3.00. The lowest BCUT2D eigenvalue weighted by molar-refractivity contribution is 0.0600. The molecular weight excluding hydrogens is 428 g/mol. The van der Waals surface area contributed by atoms with Crippen LogP contribution in [-0.4, -0.2) is 39.1 Å². The quantitative estimate of drug-likeness (QED) is 0.187. The minimum Gasteiger partial charge on any atom is -0.482 e. The molecule has 0 aliphatic heterocycles. The van der Waals surface area contributed by atoms with E-state index in [1.807, 2.05) is 6.08 Å². The number of rotatable bonds is 9. The van der Waals surface area contributed by atoms with Gasteiger partial charge in [0.15, 0.2) is 5.88 Å². The number of aryl methyl sites for hydroxylation is 2. The summed E-state index contributed by atoms with van der Waals surface area (Å²) < 4.78 is 15.0. The lowest BCUT2D eigenvalue weighted by atomic mass is 10.1.